The molecule has 1 aromatic heterocycles. The minimum atomic E-state index is 0. The van der Waals surface area contributed by atoms with Crippen LogP contribution >= 0.6 is 12.4 Å². The summed E-state index contributed by atoms with van der Waals surface area (Å²) in [5.74, 6) is 0.857. The summed E-state index contributed by atoms with van der Waals surface area (Å²) >= 11 is 0. The highest BCUT2D eigenvalue weighted by Gasteiger charge is 1.91. The quantitative estimate of drug-likeness (QED) is 0.553. The van der Waals surface area contributed by atoms with E-state index in [0.29, 0.717) is 13.1 Å². The third-order valence-corrected chi connectivity index (χ3v) is 1.08. The van der Waals surface area contributed by atoms with Gasteiger partial charge in [0.25, 0.3) is 0 Å². The van der Waals surface area contributed by atoms with Gasteiger partial charge < -0.3 is 4.42 Å². The summed E-state index contributed by atoms with van der Waals surface area (Å²) in [6.45, 7) is 0.987. The molecule has 11 heavy (non-hydrogen) atoms. The van der Waals surface area contributed by atoms with E-state index in [1.807, 2.05) is 18.2 Å². The first-order valence-corrected chi connectivity index (χ1v) is 3.03. The number of nitrogens with one attached hydrogen (secondary N) is 1. The third-order valence-electron chi connectivity index (χ3n) is 1.08. The Morgan fingerprint density at radius 2 is 2.45 bits per heavy atom. The van der Waals surface area contributed by atoms with Gasteiger partial charge in [-0.3, -0.25) is 5.32 Å². The van der Waals surface area contributed by atoms with E-state index in [0.717, 1.165) is 5.76 Å². The predicted molar refractivity (Wildman–Crippen MR) is 43.3 cm³/mol. The molecule has 0 radical (unpaired) electrons. The van der Waals surface area contributed by atoms with Crippen molar-refractivity contribution in [1.29, 1.82) is 5.26 Å². The largest absolute Gasteiger partial charge is 0.468 e. The summed E-state index contributed by atoms with van der Waals surface area (Å²) in [5.41, 5.74) is 0. The zero-order chi connectivity index (χ0) is 7.23. The average Bonchev–Trinajstić information content (AvgIpc) is 2.41. The molecule has 0 atom stereocenters. The molecule has 1 N–H and O–H groups in total. The van der Waals surface area contributed by atoms with Gasteiger partial charge in [0, 0.05) is 0 Å². The molecule has 3 nitrogen and oxygen atoms in total. The Bertz CT molecular complexity index is 215. The van der Waals surface area contributed by atoms with Gasteiger partial charge in [-0.25, -0.2) is 0 Å². The SMILES string of the molecule is Cl.N#CCNCc1ccco1. The fourth-order valence-electron chi connectivity index (χ4n) is 0.655. The van der Waals surface area contributed by atoms with Gasteiger partial charge in [-0.2, -0.15) is 5.26 Å². The van der Waals surface area contributed by atoms with Gasteiger partial charge in [0.15, 0.2) is 0 Å². The molecule has 1 rings (SSSR count). The lowest BCUT2D eigenvalue weighted by Crippen LogP contribution is -2.12. The van der Waals surface area contributed by atoms with Gasteiger partial charge in [-0.05, 0) is 12.1 Å². The molecule has 0 saturated carbocycles. The van der Waals surface area contributed by atoms with Crippen LogP contribution in [0.5, 0.6) is 0 Å². The fraction of sp³-hybridized carbons (Fsp3) is 0.286. The van der Waals surface area contributed by atoms with Gasteiger partial charge in [0.1, 0.15) is 5.76 Å². The molecule has 0 amide bonds. The van der Waals surface area contributed by atoms with Crippen molar-refractivity contribution in [3.05, 3.63) is 24.2 Å². The Hall–Kier alpha value is -0.980. The molecule has 0 spiro atoms. The van der Waals surface area contributed by atoms with Crippen molar-refractivity contribution in [3.8, 4) is 6.07 Å². The summed E-state index contributed by atoms with van der Waals surface area (Å²) in [6, 6.07) is 5.67. The maximum Gasteiger partial charge on any atom is 0.117 e. The van der Waals surface area contributed by atoms with Crippen LogP contribution in [-0.2, 0) is 6.54 Å². The molecule has 0 aliphatic carbocycles. The number of nitrogens with zero attached hydrogens (tertiary/aromatic N) is 1. The monoisotopic (exact) mass is 172 g/mol. The van der Waals surface area contributed by atoms with Gasteiger partial charge in [-0.1, -0.05) is 0 Å². The Morgan fingerprint density at radius 1 is 1.64 bits per heavy atom. The fourth-order valence-corrected chi connectivity index (χ4v) is 0.655. The molecule has 0 aliphatic heterocycles. The summed E-state index contributed by atoms with van der Waals surface area (Å²) < 4.78 is 5.01. The number of hydrogen-bond acceptors (Lipinski definition) is 3. The van der Waals surface area contributed by atoms with Crippen LogP contribution in [0.3, 0.4) is 0 Å². The van der Waals surface area contributed by atoms with Gasteiger partial charge in [0.05, 0.1) is 25.4 Å². The number of nitriles is 1. The Morgan fingerprint density at radius 3 is 3.00 bits per heavy atom. The maximum atomic E-state index is 8.15. The van der Waals surface area contributed by atoms with Crippen LogP contribution in [0.15, 0.2) is 22.8 Å². The van der Waals surface area contributed by atoms with Crippen LogP contribution in [0, 0.1) is 11.3 Å². The predicted octanol–water partition coefficient (Wildman–Crippen LogP) is 1.31. The summed E-state index contributed by atoms with van der Waals surface area (Å²) in [7, 11) is 0. The zero-order valence-corrected chi connectivity index (χ0v) is 6.73. The van der Waals surface area contributed by atoms with Crippen molar-refractivity contribution in [2.45, 2.75) is 6.54 Å². The Balaban J connectivity index is 0.000001000. The summed E-state index contributed by atoms with van der Waals surface area (Å²) in [6.07, 6.45) is 1.61. The smallest absolute Gasteiger partial charge is 0.117 e. The molecule has 4 heteroatoms. The second kappa shape index (κ2) is 5.78. The molecule has 0 bridgehead atoms. The lowest BCUT2D eigenvalue weighted by molar-refractivity contribution is 0.491. The summed E-state index contributed by atoms with van der Waals surface area (Å²) in [4.78, 5) is 0. The Labute approximate surface area is 71.4 Å². The van der Waals surface area contributed by atoms with Crippen molar-refractivity contribution in [1.82, 2.24) is 5.32 Å². The van der Waals surface area contributed by atoms with E-state index >= 15 is 0 Å². The highest BCUT2D eigenvalue weighted by Crippen LogP contribution is 1.97. The minimum absolute atomic E-state index is 0. The Kier molecular flexibility index (Phi) is 5.26. The number of halogens is 1. The molecule has 1 aromatic rings. The molecular formula is C7H9ClN2O. The molecule has 1 heterocycles. The maximum absolute atomic E-state index is 8.15. The molecule has 0 aromatic carbocycles. The van der Waals surface area contributed by atoms with Crippen molar-refractivity contribution in [2.24, 2.45) is 0 Å². The zero-order valence-electron chi connectivity index (χ0n) is 5.91. The van der Waals surface area contributed by atoms with E-state index in [1.54, 1.807) is 6.26 Å². The standard InChI is InChI=1S/C7H8N2O.ClH/c8-3-4-9-6-7-2-1-5-10-7;/h1-2,5,9H,4,6H2;1H. The van der Waals surface area contributed by atoms with Crippen LogP contribution < -0.4 is 5.32 Å². The van der Waals surface area contributed by atoms with Crippen LogP contribution in [0.25, 0.3) is 0 Å². The van der Waals surface area contributed by atoms with E-state index < -0.39 is 0 Å². The lowest BCUT2D eigenvalue weighted by Gasteiger charge is -1.92. The summed E-state index contributed by atoms with van der Waals surface area (Å²) in [5, 5.41) is 11.0. The van der Waals surface area contributed by atoms with E-state index in [9.17, 15) is 0 Å². The average molecular weight is 173 g/mol. The van der Waals surface area contributed by atoms with Gasteiger partial charge in [0.2, 0.25) is 0 Å². The van der Waals surface area contributed by atoms with E-state index in [-0.39, 0.29) is 12.4 Å². The first-order chi connectivity index (χ1) is 4.93. The van der Waals surface area contributed by atoms with Crippen LogP contribution in [0.2, 0.25) is 0 Å². The number of rotatable bonds is 3. The van der Waals surface area contributed by atoms with Gasteiger partial charge >= 0.3 is 0 Å². The molecule has 60 valence electrons. The lowest BCUT2D eigenvalue weighted by atomic mass is 10.4. The normalized spacial score (nSPS) is 8.27. The van der Waals surface area contributed by atoms with Crippen molar-refractivity contribution in [2.75, 3.05) is 6.54 Å². The number of hydrogen-bond donors (Lipinski definition) is 1. The van der Waals surface area contributed by atoms with Crippen molar-refractivity contribution >= 4 is 12.4 Å². The second-order valence-corrected chi connectivity index (χ2v) is 1.84. The first-order valence-electron chi connectivity index (χ1n) is 3.03. The van der Waals surface area contributed by atoms with Crippen LogP contribution in [0.4, 0.5) is 0 Å². The molecular weight excluding hydrogens is 164 g/mol. The van der Waals surface area contributed by atoms with Crippen molar-refractivity contribution < 1.29 is 4.42 Å². The molecule has 0 aliphatic rings. The highest BCUT2D eigenvalue weighted by atomic mass is 35.5. The van der Waals surface area contributed by atoms with Gasteiger partial charge in [-0.15, -0.1) is 12.4 Å². The minimum Gasteiger partial charge on any atom is -0.468 e. The molecule has 0 fully saturated rings. The molecule has 0 saturated heterocycles. The molecule has 0 unspecified atom stereocenters. The van der Waals surface area contributed by atoms with Crippen LogP contribution in [0.1, 0.15) is 5.76 Å². The van der Waals surface area contributed by atoms with E-state index in [2.05, 4.69) is 5.32 Å². The van der Waals surface area contributed by atoms with Crippen molar-refractivity contribution in [3.63, 3.8) is 0 Å². The van der Waals surface area contributed by atoms with E-state index in [1.165, 1.54) is 0 Å². The highest BCUT2D eigenvalue weighted by molar-refractivity contribution is 5.85. The second-order valence-electron chi connectivity index (χ2n) is 1.84. The number of furan rings is 1. The van der Waals surface area contributed by atoms with Crippen LogP contribution in [-0.4, -0.2) is 6.54 Å². The topological polar surface area (TPSA) is 49.0 Å². The third kappa shape index (κ3) is 3.66. The van der Waals surface area contributed by atoms with E-state index in [4.69, 9.17) is 9.68 Å². The first kappa shape index (κ1) is 10.0.